The standard InChI is InChI=1S/C21H26N2.2ClH.Fe/c1-14-9-7-10-15(2)20(14)22-18(5)13-19(6)23-21-16(3)11-8-12-17(21)4;;;/h7-12H,13H2,1-6H3;2*1H;/q;;;+2/p-2. The van der Waals surface area contributed by atoms with Crippen molar-refractivity contribution in [2.45, 2.75) is 48.0 Å². The van der Waals surface area contributed by atoms with Crippen molar-refractivity contribution in [3.05, 3.63) is 58.7 Å². The van der Waals surface area contributed by atoms with Gasteiger partial charge in [0.25, 0.3) is 0 Å². The number of hydrogen-bond acceptors (Lipinski definition) is 2. The fourth-order valence-corrected chi connectivity index (χ4v) is 2.80. The number of rotatable bonds is 4. The minimum absolute atomic E-state index is 0.194. The molecular weight excluding hydrogens is 407 g/mol. The second-order valence-electron chi connectivity index (χ2n) is 6.40. The Morgan fingerprint density at radius 3 is 1.27 bits per heavy atom. The third-order valence-electron chi connectivity index (χ3n) is 4.00. The fourth-order valence-electron chi connectivity index (χ4n) is 2.80. The monoisotopic (exact) mass is 432 g/mol. The Balaban J connectivity index is 0.00000105. The van der Waals surface area contributed by atoms with E-state index in [-0.39, 0.29) is 13.1 Å². The van der Waals surface area contributed by atoms with Gasteiger partial charge in [0, 0.05) is 17.8 Å². The van der Waals surface area contributed by atoms with E-state index in [9.17, 15) is 0 Å². The van der Waals surface area contributed by atoms with Crippen LogP contribution in [0.1, 0.15) is 42.5 Å². The van der Waals surface area contributed by atoms with Crippen LogP contribution in [0.4, 0.5) is 11.4 Å². The molecule has 0 bridgehead atoms. The molecule has 0 radical (unpaired) electrons. The summed E-state index contributed by atoms with van der Waals surface area (Å²) >= 11 is 0.194. The summed E-state index contributed by atoms with van der Waals surface area (Å²) in [4.78, 5) is 9.64. The van der Waals surface area contributed by atoms with Crippen molar-refractivity contribution < 1.29 is 13.1 Å². The number of benzene rings is 2. The summed E-state index contributed by atoms with van der Waals surface area (Å²) in [5.74, 6) is 0. The first-order valence-electron chi connectivity index (χ1n) is 8.36. The second-order valence-corrected chi connectivity index (χ2v) is 8.23. The minimum atomic E-state index is 0.194. The van der Waals surface area contributed by atoms with Crippen LogP contribution in [0, 0.1) is 27.7 Å². The average molecular weight is 433 g/mol. The van der Waals surface area contributed by atoms with Gasteiger partial charge < -0.3 is 0 Å². The molecule has 0 N–H and O–H groups in total. The van der Waals surface area contributed by atoms with Crippen LogP contribution in [0.3, 0.4) is 0 Å². The Bertz CT molecular complexity index is 693. The van der Waals surface area contributed by atoms with Crippen molar-refractivity contribution in [3.8, 4) is 0 Å². The predicted molar refractivity (Wildman–Crippen MR) is 114 cm³/mol. The Morgan fingerprint density at radius 1 is 0.731 bits per heavy atom. The van der Waals surface area contributed by atoms with E-state index in [4.69, 9.17) is 30.2 Å². The summed E-state index contributed by atoms with van der Waals surface area (Å²) in [6, 6.07) is 12.6. The van der Waals surface area contributed by atoms with E-state index in [1.165, 1.54) is 22.3 Å². The van der Waals surface area contributed by atoms with Gasteiger partial charge in [0.15, 0.2) is 0 Å². The summed E-state index contributed by atoms with van der Waals surface area (Å²) in [7, 11) is 9.53. The molecule has 0 fully saturated rings. The molecule has 2 rings (SSSR count). The summed E-state index contributed by atoms with van der Waals surface area (Å²) in [6.07, 6.45) is 0.793. The molecule has 2 aromatic rings. The fraction of sp³-hybridized carbons (Fsp3) is 0.333. The first-order valence-corrected chi connectivity index (χ1v) is 11.4. The Hall–Kier alpha value is -1.12. The summed E-state index contributed by atoms with van der Waals surface area (Å²) in [5.41, 5.74) is 9.23. The Labute approximate surface area is 172 Å². The van der Waals surface area contributed by atoms with E-state index in [1.54, 1.807) is 0 Å². The molecule has 2 nitrogen and oxygen atoms in total. The topological polar surface area (TPSA) is 24.7 Å². The molecule has 26 heavy (non-hydrogen) atoms. The zero-order valence-corrected chi connectivity index (χ0v) is 18.8. The third-order valence-corrected chi connectivity index (χ3v) is 4.00. The van der Waals surface area contributed by atoms with E-state index in [1.807, 2.05) is 0 Å². The van der Waals surface area contributed by atoms with Crippen molar-refractivity contribution >= 4 is 43.0 Å². The van der Waals surface area contributed by atoms with Gasteiger partial charge in [-0.05, 0) is 63.8 Å². The van der Waals surface area contributed by atoms with Crippen LogP contribution in [0.25, 0.3) is 0 Å². The molecule has 0 unspecified atom stereocenters. The second kappa shape index (κ2) is 11.6. The van der Waals surface area contributed by atoms with E-state index in [0.29, 0.717) is 0 Å². The molecular formula is C21H26Cl2FeN2. The van der Waals surface area contributed by atoms with Crippen LogP contribution in [0.15, 0.2) is 46.4 Å². The van der Waals surface area contributed by atoms with Crippen LogP contribution >= 0.6 is 20.2 Å². The van der Waals surface area contributed by atoms with Gasteiger partial charge >= 0.3 is 33.3 Å². The van der Waals surface area contributed by atoms with Gasteiger partial charge in [-0.2, -0.15) is 0 Å². The normalized spacial score (nSPS) is 12.0. The van der Waals surface area contributed by atoms with E-state index < -0.39 is 0 Å². The zero-order valence-electron chi connectivity index (χ0n) is 16.2. The van der Waals surface area contributed by atoms with Gasteiger partial charge in [0.2, 0.25) is 0 Å². The summed E-state index contributed by atoms with van der Waals surface area (Å²) in [6.45, 7) is 12.6. The molecule has 0 saturated carbocycles. The number of aryl methyl sites for hydroxylation is 4. The number of aliphatic imine (C=N–C) groups is 2. The first-order chi connectivity index (χ1) is 12.3. The maximum absolute atomic E-state index is 4.82. The molecule has 0 amide bonds. The van der Waals surface area contributed by atoms with Crippen LogP contribution in [-0.4, -0.2) is 11.4 Å². The van der Waals surface area contributed by atoms with Gasteiger partial charge in [-0.1, -0.05) is 36.4 Å². The van der Waals surface area contributed by atoms with Crippen molar-refractivity contribution in [2.75, 3.05) is 0 Å². The first kappa shape index (κ1) is 22.9. The van der Waals surface area contributed by atoms with Gasteiger partial charge in [-0.25, -0.2) is 0 Å². The van der Waals surface area contributed by atoms with Gasteiger partial charge in [-0.15, -0.1) is 0 Å². The zero-order chi connectivity index (χ0) is 19.7. The quantitative estimate of drug-likeness (QED) is 0.351. The van der Waals surface area contributed by atoms with E-state index >= 15 is 0 Å². The number of para-hydroxylation sites is 2. The molecule has 0 saturated heterocycles. The van der Waals surface area contributed by atoms with Crippen molar-refractivity contribution in [1.29, 1.82) is 0 Å². The molecule has 142 valence electrons. The number of halogens is 2. The van der Waals surface area contributed by atoms with Gasteiger partial charge in [-0.3, -0.25) is 9.98 Å². The molecule has 2 aromatic carbocycles. The van der Waals surface area contributed by atoms with Crippen LogP contribution in [0.2, 0.25) is 0 Å². The van der Waals surface area contributed by atoms with Crippen molar-refractivity contribution in [3.63, 3.8) is 0 Å². The van der Waals surface area contributed by atoms with Crippen LogP contribution in [-0.2, 0) is 13.1 Å². The summed E-state index contributed by atoms with van der Waals surface area (Å²) in [5, 5.41) is 0. The molecule has 0 aliphatic heterocycles. The van der Waals surface area contributed by atoms with E-state index in [2.05, 4.69) is 77.9 Å². The predicted octanol–water partition coefficient (Wildman–Crippen LogP) is 7.57. The van der Waals surface area contributed by atoms with Gasteiger partial charge in [0.1, 0.15) is 0 Å². The van der Waals surface area contributed by atoms with Gasteiger partial charge in [0.05, 0.1) is 11.4 Å². The van der Waals surface area contributed by atoms with Crippen LogP contribution in [0.5, 0.6) is 0 Å². The van der Waals surface area contributed by atoms with Crippen molar-refractivity contribution in [2.24, 2.45) is 9.98 Å². The molecule has 0 heterocycles. The molecule has 0 atom stereocenters. The molecule has 0 spiro atoms. The molecule has 0 aliphatic rings. The van der Waals surface area contributed by atoms with Crippen LogP contribution < -0.4 is 0 Å². The average Bonchev–Trinajstić information content (AvgIpc) is 2.55. The Morgan fingerprint density at radius 2 is 1.00 bits per heavy atom. The molecule has 0 aliphatic carbocycles. The number of nitrogens with zero attached hydrogens (tertiary/aromatic N) is 2. The van der Waals surface area contributed by atoms with Crippen molar-refractivity contribution in [1.82, 2.24) is 0 Å². The summed E-state index contributed by atoms with van der Waals surface area (Å²) < 4.78 is 0. The SMILES string of the molecule is CC(CC(C)=Nc1c(C)cccc1C)=Nc1c(C)cccc1C.[Cl][Fe][Cl]. The maximum atomic E-state index is 4.82. The molecule has 0 aromatic heterocycles. The van der Waals surface area contributed by atoms with E-state index in [0.717, 1.165) is 29.2 Å². The number of hydrogen-bond donors (Lipinski definition) is 0. The molecule has 5 heteroatoms. The third kappa shape index (κ3) is 7.25. The Kier molecular flexibility index (Phi) is 10.2.